The van der Waals surface area contributed by atoms with Crippen molar-refractivity contribution in [2.75, 3.05) is 0 Å². The molecule has 0 aliphatic rings. The summed E-state index contributed by atoms with van der Waals surface area (Å²) in [6.07, 6.45) is 5.79. The Morgan fingerprint density at radius 3 is 3.00 bits per heavy atom. The summed E-state index contributed by atoms with van der Waals surface area (Å²) in [5, 5.41) is 0.146. The van der Waals surface area contributed by atoms with E-state index in [9.17, 15) is 4.79 Å². The minimum absolute atomic E-state index is 0.146. The van der Waals surface area contributed by atoms with Crippen LogP contribution in [0.5, 0.6) is 5.75 Å². The average molecular weight is 250 g/mol. The molecule has 0 radical (unpaired) electrons. The lowest BCUT2D eigenvalue weighted by Crippen LogP contribution is -2.04. The Morgan fingerprint density at radius 1 is 1.41 bits per heavy atom. The quantitative estimate of drug-likeness (QED) is 0.477. The van der Waals surface area contributed by atoms with E-state index < -0.39 is 5.97 Å². The van der Waals surface area contributed by atoms with Gasteiger partial charge >= 0.3 is 5.97 Å². The van der Waals surface area contributed by atoms with Crippen LogP contribution in [0.3, 0.4) is 0 Å². The van der Waals surface area contributed by atoms with Crippen molar-refractivity contribution in [3.05, 3.63) is 53.7 Å². The lowest BCUT2D eigenvalue weighted by Gasteiger charge is -2.01. The maximum Gasteiger partial charge on any atom is 0.336 e. The summed E-state index contributed by atoms with van der Waals surface area (Å²) in [5.41, 5.74) is 0. The van der Waals surface area contributed by atoms with Crippen molar-refractivity contribution in [3.63, 3.8) is 0 Å². The van der Waals surface area contributed by atoms with Gasteiger partial charge in [-0.3, -0.25) is 0 Å². The van der Waals surface area contributed by atoms with E-state index in [2.05, 4.69) is 4.98 Å². The summed E-state index contributed by atoms with van der Waals surface area (Å²) in [5.74, 6) is 0.249. The molecule has 17 heavy (non-hydrogen) atoms. The van der Waals surface area contributed by atoms with Crippen LogP contribution in [0.1, 0.15) is 5.76 Å². The van der Waals surface area contributed by atoms with E-state index in [0.717, 1.165) is 0 Å². The van der Waals surface area contributed by atoms with Crippen LogP contribution in [-0.2, 0) is 4.79 Å². The SMILES string of the molecule is O=C(/C=C/c1ccco1)Oc1cccnc1Cl. The Bertz CT molecular complexity index is 534. The van der Waals surface area contributed by atoms with Gasteiger partial charge in [0, 0.05) is 12.3 Å². The number of hydrogen-bond donors (Lipinski definition) is 0. The highest BCUT2D eigenvalue weighted by Gasteiger charge is 2.05. The van der Waals surface area contributed by atoms with Crippen LogP contribution in [0.25, 0.3) is 6.08 Å². The molecule has 0 bridgehead atoms. The number of ether oxygens (including phenoxy) is 1. The number of aromatic nitrogens is 1. The highest BCUT2D eigenvalue weighted by atomic mass is 35.5. The first-order chi connectivity index (χ1) is 8.25. The maximum atomic E-state index is 11.4. The van der Waals surface area contributed by atoms with Crippen molar-refractivity contribution in [2.24, 2.45) is 0 Å². The molecule has 2 aromatic heterocycles. The van der Waals surface area contributed by atoms with Crippen molar-refractivity contribution in [2.45, 2.75) is 0 Å². The van der Waals surface area contributed by atoms with Gasteiger partial charge in [0.15, 0.2) is 10.9 Å². The lowest BCUT2D eigenvalue weighted by molar-refractivity contribution is -0.128. The zero-order valence-electron chi connectivity index (χ0n) is 8.67. The molecule has 2 heterocycles. The summed E-state index contributed by atoms with van der Waals surface area (Å²) in [6.45, 7) is 0. The average Bonchev–Trinajstić information content (AvgIpc) is 2.82. The summed E-state index contributed by atoms with van der Waals surface area (Å²) in [7, 11) is 0. The minimum Gasteiger partial charge on any atom is -0.465 e. The molecule has 4 nitrogen and oxygen atoms in total. The molecule has 5 heteroatoms. The van der Waals surface area contributed by atoms with Crippen molar-refractivity contribution < 1.29 is 13.9 Å². The molecular weight excluding hydrogens is 242 g/mol. The molecule has 86 valence electrons. The zero-order valence-corrected chi connectivity index (χ0v) is 9.42. The Kier molecular flexibility index (Phi) is 3.57. The van der Waals surface area contributed by atoms with E-state index >= 15 is 0 Å². The fourth-order valence-corrected chi connectivity index (χ4v) is 1.28. The Balaban J connectivity index is 2.01. The van der Waals surface area contributed by atoms with E-state index in [1.165, 1.54) is 24.6 Å². The monoisotopic (exact) mass is 249 g/mol. The molecule has 2 rings (SSSR count). The van der Waals surface area contributed by atoms with Gasteiger partial charge in [-0.25, -0.2) is 9.78 Å². The van der Waals surface area contributed by atoms with E-state index in [-0.39, 0.29) is 10.9 Å². The molecular formula is C12H8ClNO3. The van der Waals surface area contributed by atoms with Crippen LogP contribution in [-0.4, -0.2) is 11.0 Å². The fourth-order valence-electron chi connectivity index (χ4n) is 1.13. The predicted octanol–water partition coefficient (Wildman–Crippen LogP) is 2.95. The molecule has 2 aromatic rings. The fraction of sp³-hybridized carbons (Fsp3) is 0. The van der Waals surface area contributed by atoms with Gasteiger partial charge in [0.2, 0.25) is 0 Å². The standard InChI is InChI=1S/C12H8ClNO3/c13-12-10(4-1-7-14-12)17-11(15)6-5-9-3-2-8-16-9/h1-8H/b6-5+. The normalized spacial score (nSPS) is 10.6. The topological polar surface area (TPSA) is 52.3 Å². The van der Waals surface area contributed by atoms with Gasteiger partial charge in [0.25, 0.3) is 0 Å². The van der Waals surface area contributed by atoms with Crippen molar-refractivity contribution in [1.29, 1.82) is 0 Å². The molecule has 0 aromatic carbocycles. The molecule has 0 unspecified atom stereocenters. The summed E-state index contributed by atoms with van der Waals surface area (Å²) in [4.78, 5) is 15.2. The lowest BCUT2D eigenvalue weighted by atomic mass is 10.4. The van der Waals surface area contributed by atoms with Gasteiger partial charge < -0.3 is 9.15 Å². The predicted molar refractivity (Wildman–Crippen MR) is 62.6 cm³/mol. The van der Waals surface area contributed by atoms with Crippen LogP contribution in [0, 0.1) is 0 Å². The van der Waals surface area contributed by atoms with E-state index in [1.54, 1.807) is 24.3 Å². The second kappa shape index (κ2) is 5.32. The molecule has 0 saturated heterocycles. The van der Waals surface area contributed by atoms with Gasteiger partial charge in [0.1, 0.15) is 5.76 Å². The number of pyridine rings is 1. The minimum atomic E-state index is -0.545. The smallest absolute Gasteiger partial charge is 0.336 e. The molecule has 0 atom stereocenters. The Hall–Kier alpha value is -2.07. The van der Waals surface area contributed by atoms with Crippen LogP contribution in [0.4, 0.5) is 0 Å². The number of halogens is 1. The summed E-state index contributed by atoms with van der Waals surface area (Å²) < 4.78 is 10.0. The number of esters is 1. The maximum absolute atomic E-state index is 11.4. The first-order valence-corrected chi connectivity index (χ1v) is 5.17. The van der Waals surface area contributed by atoms with Crippen LogP contribution in [0.15, 0.2) is 47.2 Å². The number of nitrogens with zero attached hydrogens (tertiary/aromatic N) is 1. The first-order valence-electron chi connectivity index (χ1n) is 4.79. The molecule has 0 aliphatic heterocycles. The molecule has 0 saturated carbocycles. The van der Waals surface area contributed by atoms with Crippen LogP contribution in [0.2, 0.25) is 5.15 Å². The van der Waals surface area contributed by atoms with Crippen molar-refractivity contribution in [3.8, 4) is 5.75 Å². The Labute approximate surface area is 102 Å². The van der Waals surface area contributed by atoms with Crippen LogP contribution >= 0.6 is 11.6 Å². The molecule has 0 spiro atoms. The Morgan fingerprint density at radius 2 is 2.29 bits per heavy atom. The summed E-state index contributed by atoms with van der Waals surface area (Å²) in [6, 6.07) is 6.64. The number of carbonyl (C=O) groups excluding carboxylic acids is 1. The van der Waals surface area contributed by atoms with Gasteiger partial charge in [-0.1, -0.05) is 11.6 Å². The van der Waals surface area contributed by atoms with Crippen molar-refractivity contribution >= 4 is 23.6 Å². The second-order valence-corrected chi connectivity index (χ2v) is 3.42. The number of hydrogen-bond acceptors (Lipinski definition) is 4. The van der Waals surface area contributed by atoms with Crippen LogP contribution < -0.4 is 4.74 Å². The third kappa shape index (κ3) is 3.19. The first kappa shape index (κ1) is 11.4. The third-order valence-corrected chi connectivity index (χ3v) is 2.15. The number of rotatable bonds is 3. The number of carbonyl (C=O) groups is 1. The molecule has 0 aliphatic carbocycles. The molecule has 0 N–H and O–H groups in total. The largest absolute Gasteiger partial charge is 0.465 e. The van der Waals surface area contributed by atoms with E-state index in [4.69, 9.17) is 20.8 Å². The van der Waals surface area contributed by atoms with E-state index in [1.807, 2.05) is 0 Å². The van der Waals surface area contributed by atoms with Crippen molar-refractivity contribution in [1.82, 2.24) is 4.98 Å². The second-order valence-electron chi connectivity index (χ2n) is 3.06. The zero-order chi connectivity index (χ0) is 12.1. The van der Waals surface area contributed by atoms with E-state index in [0.29, 0.717) is 5.76 Å². The van der Waals surface area contributed by atoms with Gasteiger partial charge in [-0.15, -0.1) is 0 Å². The highest BCUT2D eigenvalue weighted by Crippen LogP contribution is 2.20. The molecule has 0 amide bonds. The molecule has 0 fully saturated rings. The third-order valence-electron chi connectivity index (χ3n) is 1.86. The van der Waals surface area contributed by atoms with Gasteiger partial charge in [-0.05, 0) is 30.3 Å². The van der Waals surface area contributed by atoms with Gasteiger partial charge in [0.05, 0.1) is 6.26 Å². The van der Waals surface area contributed by atoms with Gasteiger partial charge in [-0.2, -0.15) is 0 Å². The highest BCUT2D eigenvalue weighted by molar-refractivity contribution is 6.30. The number of furan rings is 1. The summed E-state index contributed by atoms with van der Waals surface area (Å²) >= 11 is 5.74.